The number of sulfone groups is 1. The summed E-state index contributed by atoms with van der Waals surface area (Å²) < 4.78 is 51.5. The lowest BCUT2D eigenvalue weighted by Gasteiger charge is -2.32. The molecule has 1 saturated heterocycles. The van der Waals surface area contributed by atoms with E-state index in [0.29, 0.717) is 24.8 Å². The summed E-state index contributed by atoms with van der Waals surface area (Å²) in [7, 11) is -4.02. The van der Waals surface area contributed by atoms with Crippen molar-refractivity contribution in [2.45, 2.75) is 29.2 Å². The molecule has 0 saturated carbocycles. The molecule has 1 fully saturated rings. The van der Waals surface area contributed by atoms with Crippen molar-refractivity contribution in [1.29, 1.82) is 0 Å². The van der Waals surface area contributed by atoms with Gasteiger partial charge in [-0.3, -0.25) is 0 Å². The minimum absolute atomic E-state index is 0.0385. The number of hydrogen-bond acceptors (Lipinski definition) is 6. The zero-order valence-corrected chi connectivity index (χ0v) is 18.7. The van der Waals surface area contributed by atoms with E-state index >= 15 is 0 Å². The second-order valence-electron chi connectivity index (χ2n) is 8.18. The molecule has 4 aromatic rings. The highest BCUT2D eigenvalue weighted by molar-refractivity contribution is 7.91. The van der Waals surface area contributed by atoms with Gasteiger partial charge in [-0.25, -0.2) is 12.8 Å². The van der Waals surface area contributed by atoms with Crippen molar-refractivity contribution in [3.8, 4) is 11.7 Å². The minimum atomic E-state index is -4.02. The largest absolute Gasteiger partial charge is 0.459 e. The molecule has 1 aliphatic heterocycles. The van der Waals surface area contributed by atoms with Crippen molar-refractivity contribution >= 4 is 15.7 Å². The summed E-state index contributed by atoms with van der Waals surface area (Å²) in [6, 6.07) is 18.4. The van der Waals surface area contributed by atoms with E-state index in [1.165, 1.54) is 24.0 Å². The molecule has 0 amide bonds. The van der Waals surface area contributed by atoms with Gasteiger partial charge >= 0.3 is 0 Å². The van der Waals surface area contributed by atoms with Crippen LogP contribution < -0.4 is 4.90 Å². The molecule has 8 heteroatoms. The highest BCUT2D eigenvalue weighted by Gasteiger charge is 2.33. The molecule has 1 aliphatic rings. The van der Waals surface area contributed by atoms with Gasteiger partial charge in [-0.15, -0.1) is 0 Å². The molecule has 0 atom stereocenters. The lowest BCUT2D eigenvalue weighted by molar-refractivity contribution is 0.386. The monoisotopic (exact) mass is 466 g/mol. The predicted octanol–water partition coefficient (Wildman–Crippen LogP) is 5.37. The van der Waals surface area contributed by atoms with Gasteiger partial charge in [-0.05, 0) is 67.1 Å². The first kappa shape index (κ1) is 21.5. The third kappa shape index (κ3) is 4.43. The number of benzene rings is 2. The Morgan fingerprint density at radius 3 is 2.36 bits per heavy atom. The molecule has 0 N–H and O–H groups in total. The van der Waals surface area contributed by atoms with Gasteiger partial charge in [0.15, 0.2) is 5.76 Å². The number of halogens is 1. The molecule has 2 aromatic heterocycles. The molecule has 0 aliphatic carbocycles. The van der Waals surface area contributed by atoms with E-state index in [4.69, 9.17) is 8.83 Å². The number of hydrogen-bond donors (Lipinski definition) is 0. The quantitative estimate of drug-likeness (QED) is 0.356. The van der Waals surface area contributed by atoms with Crippen LogP contribution in [0.5, 0.6) is 0 Å². The Kier molecular flexibility index (Phi) is 5.76. The van der Waals surface area contributed by atoms with Crippen molar-refractivity contribution in [2.24, 2.45) is 5.92 Å². The molecule has 2 aromatic carbocycles. The standard InChI is InChI=1S/C25H23FN2O4S/c26-20-8-10-21(11-9-20)33(29,30)24-25(32-23(27-24)22-7-4-16-31-22)28-14-12-19(13-15-28)17-18-5-2-1-3-6-18/h1-11,16,19H,12-15,17H2. The van der Waals surface area contributed by atoms with Crippen molar-refractivity contribution in [1.82, 2.24) is 4.98 Å². The summed E-state index contributed by atoms with van der Waals surface area (Å²) in [5.41, 5.74) is 1.30. The number of piperidine rings is 1. The molecule has 0 spiro atoms. The molecule has 5 rings (SSSR count). The minimum Gasteiger partial charge on any atom is -0.459 e. The van der Waals surface area contributed by atoms with E-state index < -0.39 is 15.7 Å². The summed E-state index contributed by atoms with van der Waals surface area (Å²) in [5, 5.41) is -0.179. The lowest BCUT2D eigenvalue weighted by atomic mass is 9.90. The van der Waals surface area contributed by atoms with Crippen LogP contribution in [0.15, 0.2) is 91.7 Å². The maximum absolute atomic E-state index is 13.4. The number of oxazole rings is 1. The summed E-state index contributed by atoms with van der Waals surface area (Å²) >= 11 is 0. The molecule has 3 heterocycles. The Morgan fingerprint density at radius 2 is 1.70 bits per heavy atom. The number of rotatable bonds is 6. The zero-order valence-electron chi connectivity index (χ0n) is 17.9. The zero-order chi connectivity index (χ0) is 22.8. The topological polar surface area (TPSA) is 76.5 Å². The maximum Gasteiger partial charge on any atom is 0.266 e. The number of furan rings is 1. The molecule has 0 bridgehead atoms. The predicted molar refractivity (Wildman–Crippen MR) is 121 cm³/mol. The fraction of sp³-hybridized carbons (Fsp3) is 0.240. The van der Waals surface area contributed by atoms with Gasteiger partial charge in [0.05, 0.1) is 11.2 Å². The summed E-state index contributed by atoms with van der Waals surface area (Å²) in [6.45, 7) is 1.30. The van der Waals surface area contributed by atoms with E-state index in [0.717, 1.165) is 31.4 Å². The van der Waals surface area contributed by atoms with Crippen LogP contribution in [0.3, 0.4) is 0 Å². The average molecular weight is 467 g/mol. The van der Waals surface area contributed by atoms with Gasteiger partial charge in [-0.2, -0.15) is 4.98 Å². The third-order valence-electron chi connectivity index (χ3n) is 5.96. The first-order chi connectivity index (χ1) is 16.0. The van der Waals surface area contributed by atoms with E-state index in [-0.39, 0.29) is 21.7 Å². The Morgan fingerprint density at radius 1 is 0.970 bits per heavy atom. The van der Waals surface area contributed by atoms with Crippen LogP contribution in [-0.2, 0) is 16.3 Å². The molecular formula is C25H23FN2O4S. The summed E-state index contributed by atoms with van der Waals surface area (Å²) in [4.78, 5) is 6.19. The van der Waals surface area contributed by atoms with E-state index in [9.17, 15) is 12.8 Å². The van der Waals surface area contributed by atoms with Crippen molar-refractivity contribution in [3.05, 3.63) is 84.4 Å². The molecule has 6 nitrogen and oxygen atoms in total. The molecule has 0 unspecified atom stereocenters. The Bertz CT molecular complexity index is 1310. The molecular weight excluding hydrogens is 443 g/mol. The Labute approximate surface area is 191 Å². The van der Waals surface area contributed by atoms with Crippen LogP contribution in [-0.4, -0.2) is 26.5 Å². The van der Waals surface area contributed by atoms with Crippen LogP contribution >= 0.6 is 0 Å². The smallest absolute Gasteiger partial charge is 0.266 e. The van der Waals surface area contributed by atoms with Crippen LogP contribution in [0.4, 0.5) is 10.3 Å². The second kappa shape index (κ2) is 8.86. The summed E-state index contributed by atoms with van der Waals surface area (Å²) in [6.07, 6.45) is 4.27. The van der Waals surface area contributed by atoms with E-state index in [1.54, 1.807) is 12.1 Å². The highest BCUT2D eigenvalue weighted by atomic mass is 32.2. The summed E-state index contributed by atoms with van der Waals surface area (Å²) in [5.74, 6) is 0.640. The third-order valence-corrected chi connectivity index (χ3v) is 7.63. The van der Waals surface area contributed by atoms with Gasteiger partial charge in [0.25, 0.3) is 5.89 Å². The van der Waals surface area contributed by atoms with Gasteiger partial charge in [0.1, 0.15) is 5.82 Å². The van der Waals surface area contributed by atoms with Crippen molar-refractivity contribution < 1.29 is 21.6 Å². The second-order valence-corrected chi connectivity index (χ2v) is 10.0. The van der Waals surface area contributed by atoms with Gasteiger partial charge in [-0.1, -0.05) is 30.3 Å². The van der Waals surface area contributed by atoms with Crippen LogP contribution in [0.1, 0.15) is 18.4 Å². The number of aromatic nitrogens is 1. The Balaban J connectivity index is 1.44. The Hall–Kier alpha value is -3.39. The number of nitrogens with zero attached hydrogens (tertiary/aromatic N) is 2. The fourth-order valence-corrected chi connectivity index (χ4v) is 5.51. The SMILES string of the molecule is O=S(=O)(c1ccc(F)cc1)c1nc(-c2ccco2)oc1N1CCC(Cc2ccccc2)CC1. The van der Waals surface area contributed by atoms with Crippen LogP contribution in [0, 0.1) is 11.7 Å². The normalized spacial score (nSPS) is 15.1. The lowest BCUT2D eigenvalue weighted by Crippen LogP contribution is -2.34. The molecule has 170 valence electrons. The average Bonchev–Trinajstić information content (AvgIpc) is 3.51. The molecule has 33 heavy (non-hydrogen) atoms. The van der Waals surface area contributed by atoms with Gasteiger partial charge in [0, 0.05) is 13.1 Å². The van der Waals surface area contributed by atoms with Crippen molar-refractivity contribution in [2.75, 3.05) is 18.0 Å². The van der Waals surface area contributed by atoms with E-state index in [1.807, 2.05) is 23.1 Å². The first-order valence-corrected chi connectivity index (χ1v) is 12.3. The van der Waals surface area contributed by atoms with Crippen LogP contribution in [0.2, 0.25) is 0 Å². The maximum atomic E-state index is 13.4. The number of anilines is 1. The van der Waals surface area contributed by atoms with Gasteiger partial charge < -0.3 is 13.7 Å². The molecule has 0 radical (unpaired) electrons. The fourth-order valence-electron chi connectivity index (χ4n) is 4.19. The van der Waals surface area contributed by atoms with Crippen molar-refractivity contribution in [3.63, 3.8) is 0 Å². The first-order valence-electron chi connectivity index (χ1n) is 10.8. The van der Waals surface area contributed by atoms with Crippen LogP contribution in [0.25, 0.3) is 11.7 Å². The van der Waals surface area contributed by atoms with Gasteiger partial charge in [0.2, 0.25) is 20.7 Å². The highest BCUT2D eigenvalue weighted by Crippen LogP contribution is 2.37. The van der Waals surface area contributed by atoms with E-state index in [2.05, 4.69) is 17.1 Å².